The van der Waals surface area contributed by atoms with E-state index in [2.05, 4.69) is 0 Å². The summed E-state index contributed by atoms with van der Waals surface area (Å²) in [4.78, 5) is 0. The predicted molar refractivity (Wildman–Crippen MR) is 43.5 cm³/mol. The Kier molecular flexibility index (Phi) is 3.03. The van der Waals surface area contributed by atoms with Crippen LogP contribution in [0, 0.1) is 5.82 Å². The third-order valence-electron chi connectivity index (χ3n) is 1.11. The molecule has 1 aromatic carbocycles. The van der Waals surface area contributed by atoms with Crippen molar-refractivity contribution in [3.05, 3.63) is 35.6 Å². The van der Waals surface area contributed by atoms with Gasteiger partial charge in [-0.1, -0.05) is 23.1 Å². The molecular formula is C7H6ClFS. The van der Waals surface area contributed by atoms with E-state index in [1.807, 2.05) is 6.07 Å². The standard InChI is InChI=1S/C7H6ClFS/c8-10-5-6-2-1-3-7(9)4-6/h1-4H,5H2. The minimum atomic E-state index is -0.205. The fourth-order valence-electron chi connectivity index (χ4n) is 0.690. The van der Waals surface area contributed by atoms with Crippen molar-refractivity contribution in [1.82, 2.24) is 0 Å². The zero-order valence-corrected chi connectivity index (χ0v) is 6.75. The molecule has 1 rings (SSSR count). The average molecular weight is 177 g/mol. The van der Waals surface area contributed by atoms with Crippen LogP contribution in [0.1, 0.15) is 5.56 Å². The quantitative estimate of drug-likeness (QED) is 0.667. The third kappa shape index (κ3) is 2.20. The molecule has 0 aromatic heterocycles. The van der Waals surface area contributed by atoms with Crippen LogP contribution in [0.4, 0.5) is 4.39 Å². The van der Waals surface area contributed by atoms with Gasteiger partial charge in [-0.05, 0) is 28.4 Å². The van der Waals surface area contributed by atoms with E-state index in [1.54, 1.807) is 6.07 Å². The number of benzene rings is 1. The highest BCUT2D eigenvalue weighted by molar-refractivity contribution is 8.20. The molecule has 0 fully saturated rings. The summed E-state index contributed by atoms with van der Waals surface area (Å²) in [6, 6.07) is 6.42. The van der Waals surface area contributed by atoms with Crippen LogP contribution in [0.2, 0.25) is 0 Å². The lowest BCUT2D eigenvalue weighted by molar-refractivity contribution is 0.626. The molecule has 54 valence electrons. The van der Waals surface area contributed by atoms with E-state index in [4.69, 9.17) is 10.7 Å². The maximum absolute atomic E-state index is 12.4. The molecule has 0 nitrogen and oxygen atoms in total. The van der Waals surface area contributed by atoms with E-state index < -0.39 is 0 Å². The van der Waals surface area contributed by atoms with Gasteiger partial charge in [-0.15, -0.1) is 0 Å². The highest BCUT2D eigenvalue weighted by atomic mass is 35.7. The molecule has 0 spiro atoms. The smallest absolute Gasteiger partial charge is 0.123 e. The fraction of sp³-hybridized carbons (Fsp3) is 0.143. The first-order chi connectivity index (χ1) is 4.83. The van der Waals surface area contributed by atoms with Crippen molar-refractivity contribution >= 4 is 21.7 Å². The van der Waals surface area contributed by atoms with Gasteiger partial charge in [0.05, 0.1) is 0 Å². The van der Waals surface area contributed by atoms with Gasteiger partial charge >= 0.3 is 0 Å². The first-order valence-electron chi connectivity index (χ1n) is 2.81. The summed E-state index contributed by atoms with van der Waals surface area (Å²) in [5.41, 5.74) is 0.917. The van der Waals surface area contributed by atoms with Gasteiger partial charge in [-0.3, -0.25) is 0 Å². The minimum absolute atomic E-state index is 0.205. The average Bonchev–Trinajstić information content (AvgIpc) is 1.88. The molecule has 0 radical (unpaired) electrons. The summed E-state index contributed by atoms with van der Waals surface area (Å²) in [5, 5.41) is 0. The fourth-order valence-corrected chi connectivity index (χ4v) is 1.37. The first-order valence-corrected chi connectivity index (χ1v) is 4.62. The largest absolute Gasteiger partial charge is 0.207 e. The molecule has 0 bridgehead atoms. The Morgan fingerprint density at radius 3 is 2.90 bits per heavy atom. The van der Waals surface area contributed by atoms with Crippen LogP contribution in [0.25, 0.3) is 0 Å². The lowest BCUT2D eigenvalue weighted by Crippen LogP contribution is -1.79. The second kappa shape index (κ2) is 3.84. The molecule has 0 unspecified atom stereocenters. The number of rotatable bonds is 2. The van der Waals surface area contributed by atoms with E-state index in [9.17, 15) is 4.39 Å². The molecule has 0 aliphatic carbocycles. The van der Waals surface area contributed by atoms with Crippen molar-refractivity contribution in [3.63, 3.8) is 0 Å². The van der Waals surface area contributed by atoms with Gasteiger partial charge in [-0.25, -0.2) is 4.39 Å². The summed E-state index contributed by atoms with van der Waals surface area (Å²) < 4.78 is 12.4. The van der Waals surface area contributed by atoms with Crippen molar-refractivity contribution in [2.45, 2.75) is 5.75 Å². The molecular weight excluding hydrogens is 171 g/mol. The van der Waals surface area contributed by atoms with Gasteiger partial charge in [-0.2, -0.15) is 0 Å². The van der Waals surface area contributed by atoms with Crippen LogP contribution in [-0.4, -0.2) is 0 Å². The maximum Gasteiger partial charge on any atom is 0.123 e. The van der Waals surface area contributed by atoms with E-state index in [-0.39, 0.29) is 5.82 Å². The Hall–Kier alpha value is -0.210. The summed E-state index contributed by atoms with van der Waals surface area (Å²) in [6.07, 6.45) is 0. The first kappa shape index (κ1) is 7.89. The van der Waals surface area contributed by atoms with Crippen LogP contribution in [0.15, 0.2) is 24.3 Å². The summed E-state index contributed by atoms with van der Waals surface area (Å²) in [6.45, 7) is 0. The molecule has 10 heavy (non-hydrogen) atoms. The molecule has 3 heteroatoms. The van der Waals surface area contributed by atoms with Gasteiger partial charge in [0.2, 0.25) is 0 Å². The minimum Gasteiger partial charge on any atom is -0.207 e. The topological polar surface area (TPSA) is 0 Å². The molecule has 0 N–H and O–H groups in total. The van der Waals surface area contributed by atoms with Crippen LogP contribution in [0.5, 0.6) is 0 Å². The SMILES string of the molecule is Fc1cccc(CSCl)c1. The maximum atomic E-state index is 12.4. The normalized spacial score (nSPS) is 9.80. The molecule has 0 aliphatic heterocycles. The predicted octanol–water partition coefficient (Wildman–Crippen LogP) is 3.21. The third-order valence-corrected chi connectivity index (χ3v) is 1.88. The van der Waals surface area contributed by atoms with Crippen molar-refractivity contribution < 1.29 is 4.39 Å². The Labute approximate surface area is 67.9 Å². The molecule has 0 atom stereocenters. The number of halogens is 2. The van der Waals surface area contributed by atoms with Crippen molar-refractivity contribution in [2.24, 2.45) is 0 Å². The molecule has 0 heterocycles. The Bertz CT molecular complexity index is 215. The molecule has 1 aromatic rings. The number of hydrogen-bond donors (Lipinski definition) is 0. The van der Waals surface area contributed by atoms with Crippen molar-refractivity contribution in [3.8, 4) is 0 Å². The summed E-state index contributed by atoms with van der Waals surface area (Å²) in [7, 11) is 6.55. The highest BCUT2D eigenvalue weighted by Crippen LogP contribution is 2.15. The Morgan fingerprint density at radius 2 is 2.30 bits per heavy atom. The summed E-state index contributed by atoms with van der Waals surface area (Å²) >= 11 is 0. The van der Waals surface area contributed by atoms with Crippen molar-refractivity contribution in [2.75, 3.05) is 0 Å². The second-order valence-electron chi connectivity index (χ2n) is 1.88. The van der Waals surface area contributed by atoms with E-state index >= 15 is 0 Å². The van der Waals surface area contributed by atoms with Crippen molar-refractivity contribution in [1.29, 1.82) is 0 Å². The van der Waals surface area contributed by atoms with Gasteiger partial charge in [0.15, 0.2) is 0 Å². The van der Waals surface area contributed by atoms with Crippen LogP contribution < -0.4 is 0 Å². The monoisotopic (exact) mass is 176 g/mol. The van der Waals surface area contributed by atoms with Gasteiger partial charge in [0.1, 0.15) is 5.82 Å². The molecule has 0 aliphatic rings. The zero-order chi connectivity index (χ0) is 7.40. The Morgan fingerprint density at radius 1 is 1.50 bits per heavy atom. The molecule has 0 saturated heterocycles. The Balaban J connectivity index is 2.75. The van der Waals surface area contributed by atoms with Crippen LogP contribution >= 0.6 is 21.7 Å². The van der Waals surface area contributed by atoms with Gasteiger partial charge in [0.25, 0.3) is 0 Å². The second-order valence-corrected chi connectivity index (χ2v) is 3.04. The molecule has 0 saturated carbocycles. The highest BCUT2D eigenvalue weighted by Gasteiger charge is 1.92. The molecule has 0 amide bonds. The van der Waals surface area contributed by atoms with E-state index in [1.165, 1.54) is 23.1 Å². The lowest BCUT2D eigenvalue weighted by atomic mass is 10.2. The van der Waals surface area contributed by atoms with Crippen LogP contribution in [-0.2, 0) is 5.75 Å². The zero-order valence-electron chi connectivity index (χ0n) is 5.18. The van der Waals surface area contributed by atoms with Gasteiger partial charge in [0, 0.05) is 5.75 Å². The van der Waals surface area contributed by atoms with E-state index in [0.717, 1.165) is 5.56 Å². The number of hydrogen-bond acceptors (Lipinski definition) is 1. The van der Waals surface area contributed by atoms with Crippen LogP contribution in [0.3, 0.4) is 0 Å². The summed E-state index contributed by atoms with van der Waals surface area (Å²) in [5.74, 6) is 0.447. The lowest BCUT2D eigenvalue weighted by Gasteiger charge is -1.94. The van der Waals surface area contributed by atoms with E-state index in [0.29, 0.717) is 5.75 Å². The van der Waals surface area contributed by atoms with Gasteiger partial charge < -0.3 is 0 Å².